The summed E-state index contributed by atoms with van der Waals surface area (Å²) in [5, 5.41) is 0. The maximum absolute atomic E-state index is 13.3. The van der Waals surface area contributed by atoms with Gasteiger partial charge in [0.2, 0.25) is 10.0 Å². The van der Waals surface area contributed by atoms with E-state index in [2.05, 4.69) is 21.6 Å². The van der Waals surface area contributed by atoms with E-state index in [0.717, 1.165) is 19.3 Å². The second kappa shape index (κ2) is 9.07. The van der Waals surface area contributed by atoms with Crippen LogP contribution in [0.4, 0.5) is 9.18 Å². The molecule has 3 fully saturated rings. The van der Waals surface area contributed by atoms with Crippen LogP contribution in [0.15, 0.2) is 12.4 Å². The van der Waals surface area contributed by atoms with Gasteiger partial charge in [0.05, 0.1) is 44.0 Å². The average molecular weight is 485 g/mol. The van der Waals surface area contributed by atoms with E-state index in [9.17, 15) is 17.6 Å². The van der Waals surface area contributed by atoms with Crippen LogP contribution >= 0.6 is 0 Å². The fourth-order valence-corrected chi connectivity index (χ4v) is 6.87. The van der Waals surface area contributed by atoms with Crippen molar-refractivity contribution in [2.24, 2.45) is 11.8 Å². The number of methoxy groups -OCH3 is 1. The second-order valence-corrected chi connectivity index (χ2v) is 11.6. The first-order chi connectivity index (χ1) is 15.6. The molecule has 2 saturated carbocycles. The first kappa shape index (κ1) is 24.3. The van der Waals surface area contributed by atoms with Gasteiger partial charge in [0.25, 0.3) is 0 Å². The van der Waals surface area contributed by atoms with Gasteiger partial charge in [-0.3, -0.25) is 4.90 Å². The second-order valence-electron chi connectivity index (χ2n) is 9.55. The van der Waals surface area contributed by atoms with Gasteiger partial charge < -0.3 is 9.47 Å². The number of carbonyl (C=O) groups excluding carboxylic acids is 1. The summed E-state index contributed by atoms with van der Waals surface area (Å²) in [7, 11) is -2.11. The van der Waals surface area contributed by atoms with E-state index in [1.807, 2.05) is 6.92 Å². The Kier molecular flexibility index (Phi) is 6.67. The summed E-state index contributed by atoms with van der Waals surface area (Å²) < 4.78 is 51.7. The SMILES string of the molecule is CCS(=O)(=O)N[C@H]1C[C@@H](C)N(C(=O)OC)[C@H]1CO[C@H]1CC[C@@]2(c3ncc(F)cn3)C(C)C2C1. The van der Waals surface area contributed by atoms with Gasteiger partial charge >= 0.3 is 6.09 Å². The van der Waals surface area contributed by atoms with E-state index >= 15 is 0 Å². The van der Waals surface area contributed by atoms with Crippen molar-refractivity contribution in [3.05, 3.63) is 24.0 Å². The molecule has 0 radical (unpaired) electrons. The summed E-state index contributed by atoms with van der Waals surface area (Å²) in [6.45, 7) is 5.86. The highest BCUT2D eigenvalue weighted by Gasteiger charge is 2.66. The van der Waals surface area contributed by atoms with Gasteiger partial charge in [-0.15, -0.1) is 0 Å². The zero-order chi connectivity index (χ0) is 24.0. The summed E-state index contributed by atoms with van der Waals surface area (Å²) >= 11 is 0. The minimum atomic E-state index is -3.43. The number of nitrogens with one attached hydrogen (secondary N) is 1. The molecule has 1 aromatic heterocycles. The average Bonchev–Trinajstić information content (AvgIpc) is 3.26. The zero-order valence-corrected chi connectivity index (χ0v) is 20.3. The van der Waals surface area contributed by atoms with Crippen LogP contribution in [0.5, 0.6) is 0 Å². The highest BCUT2D eigenvalue weighted by molar-refractivity contribution is 7.89. The summed E-state index contributed by atoms with van der Waals surface area (Å²) in [4.78, 5) is 22.5. The molecule has 2 heterocycles. The number of ether oxygens (including phenoxy) is 2. The quantitative estimate of drug-likeness (QED) is 0.632. The Morgan fingerprint density at radius 1 is 1.30 bits per heavy atom. The number of aromatic nitrogens is 2. The van der Waals surface area contributed by atoms with Crippen LogP contribution in [0.3, 0.4) is 0 Å². The van der Waals surface area contributed by atoms with Crippen molar-refractivity contribution in [3.63, 3.8) is 0 Å². The molecule has 1 saturated heterocycles. The highest BCUT2D eigenvalue weighted by atomic mass is 32.2. The van der Waals surface area contributed by atoms with Gasteiger partial charge in [-0.05, 0) is 51.4 Å². The maximum Gasteiger partial charge on any atom is 0.410 e. The van der Waals surface area contributed by atoms with Crippen molar-refractivity contribution in [3.8, 4) is 0 Å². The molecule has 2 aliphatic carbocycles. The highest BCUT2D eigenvalue weighted by Crippen LogP contribution is 2.66. The summed E-state index contributed by atoms with van der Waals surface area (Å²) in [6, 6.07) is -1.05. The number of sulfonamides is 1. The van der Waals surface area contributed by atoms with Crippen molar-refractivity contribution in [1.82, 2.24) is 19.6 Å². The Labute approximate surface area is 194 Å². The Hall–Kier alpha value is -1.85. The molecular formula is C22H33FN4O5S. The molecule has 33 heavy (non-hydrogen) atoms. The lowest BCUT2D eigenvalue weighted by atomic mass is 9.85. The number of amides is 1. The number of likely N-dealkylation sites (tertiary alicyclic amines) is 1. The van der Waals surface area contributed by atoms with Crippen LogP contribution in [0.1, 0.15) is 52.3 Å². The van der Waals surface area contributed by atoms with Crippen molar-refractivity contribution in [2.75, 3.05) is 19.5 Å². The lowest BCUT2D eigenvalue weighted by Gasteiger charge is -2.32. The number of nitrogens with zero attached hydrogens (tertiary/aromatic N) is 3. The number of hydrogen-bond acceptors (Lipinski definition) is 7. The fourth-order valence-electron chi connectivity index (χ4n) is 5.99. The zero-order valence-electron chi connectivity index (χ0n) is 19.5. The van der Waals surface area contributed by atoms with Crippen LogP contribution in [-0.4, -0.2) is 73.1 Å². The third-order valence-corrected chi connectivity index (χ3v) is 9.31. The Balaban J connectivity index is 1.42. The van der Waals surface area contributed by atoms with Crippen LogP contribution in [-0.2, 0) is 24.9 Å². The third kappa shape index (κ3) is 4.46. The van der Waals surface area contributed by atoms with E-state index in [1.54, 1.807) is 11.8 Å². The smallest absolute Gasteiger partial charge is 0.410 e. The number of carbonyl (C=O) groups is 1. The Morgan fingerprint density at radius 2 is 2.00 bits per heavy atom. The van der Waals surface area contributed by atoms with Gasteiger partial charge in [-0.2, -0.15) is 0 Å². The first-order valence-corrected chi connectivity index (χ1v) is 13.2. The first-order valence-electron chi connectivity index (χ1n) is 11.6. The molecule has 1 amide bonds. The van der Waals surface area contributed by atoms with E-state index in [-0.39, 0.29) is 29.9 Å². The molecule has 7 atom stereocenters. The molecule has 4 rings (SSSR count). The molecule has 1 N–H and O–H groups in total. The summed E-state index contributed by atoms with van der Waals surface area (Å²) in [5.41, 5.74) is -0.118. The van der Waals surface area contributed by atoms with Crippen molar-refractivity contribution < 1.29 is 27.1 Å². The van der Waals surface area contributed by atoms with Gasteiger partial charge in [0.15, 0.2) is 5.82 Å². The van der Waals surface area contributed by atoms with Gasteiger partial charge in [-0.25, -0.2) is 32.3 Å². The third-order valence-electron chi connectivity index (χ3n) is 7.89. The summed E-state index contributed by atoms with van der Waals surface area (Å²) in [5.74, 6) is 0.982. The molecule has 0 aromatic carbocycles. The normalized spacial score (nSPS) is 35.8. The molecule has 11 heteroatoms. The lowest BCUT2D eigenvalue weighted by molar-refractivity contribution is -0.0103. The maximum atomic E-state index is 13.3. The predicted molar refractivity (Wildman–Crippen MR) is 118 cm³/mol. The lowest BCUT2D eigenvalue weighted by Crippen LogP contribution is -2.50. The number of hydrogen-bond donors (Lipinski definition) is 1. The standard InChI is InChI=1S/C22H33FN4O5S/c1-5-33(29,30)26-18-8-13(2)27(21(28)31-4)19(18)12-32-16-6-7-22(14(3)17(22)9-16)20-24-10-15(23)11-25-20/h10-11,13-14,16-19,26H,5-9,12H2,1-4H3/t13-,14?,16+,17?,18+,19+,22-/m1/s1. The molecule has 184 valence electrons. The number of rotatable bonds is 7. The van der Waals surface area contributed by atoms with Gasteiger partial charge in [-0.1, -0.05) is 6.92 Å². The van der Waals surface area contributed by atoms with E-state index in [0.29, 0.717) is 24.1 Å². The molecule has 0 spiro atoms. The van der Waals surface area contributed by atoms with Gasteiger partial charge in [0.1, 0.15) is 5.82 Å². The molecular weight excluding hydrogens is 451 g/mol. The topological polar surface area (TPSA) is 111 Å². The molecule has 0 bridgehead atoms. The van der Waals surface area contributed by atoms with Crippen molar-refractivity contribution in [2.45, 2.75) is 76.1 Å². The fraction of sp³-hybridized carbons (Fsp3) is 0.773. The largest absolute Gasteiger partial charge is 0.453 e. The van der Waals surface area contributed by atoms with Gasteiger partial charge in [0, 0.05) is 17.5 Å². The minimum Gasteiger partial charge on any atom is -0.453 e. The molecule has 1 aromatic rings. The van der Waals surface area contributed by atoms with Crippen molar-refractivity contribution >= 4 is 16.1 Å². The molecule has 3 aliphatic rings. The molecule has 1 aliphatic heterocycles. The molecule has 9 nitrogen and oxygen atoms in total. The predicted octanol–water partition coefficient (Wildman–Crippen LogP) is 2.23. The van der Waals surface area contributed by atoms with E-state index < -0.39 is 34.0 Å². The monoisotopic (exact) mass is 484 g/mol. The van der Waals surface area contributed by atoms with Crippen LogP contribution in [0.25, 0.3) is 0 Å². The number of halogens is 1. The molecule has 2 unspecified atom stereocenters. The van der Waals surface area contributed by atoms with Crippen LogP contribution in [0, 0.1) is 17.7 Å². The van der Waals surface area contributed by atoms with E-state index in [4.69, 9.17) is 9.47 Å². The number of fused-ring (bicyclic) bond motifs is 1. The Bertz CT molecular complexity index is 978. The van der Waals surface area contributed by atoms with Crippen LogP contribution < -0.4 is 4.72 Å². The summed E-state index contributed by atoms with van der Waals surface area (Å²) in [6.07, 6.45) is 4.93. The van der Waals surface area contributed by atoms with Crippen LogP contribution in [0.2, 0.25) is 0 Å². The minimum absolute atomic E-state index is 0.00708. The van der Waals surface area contributed by atoms with E-state index in [1.165, 1.54) is 19.5 Å². The van der Waals surface area contributed by atoms with Crippen molar-refractivity contribution in [1.29, 1.82) is 0 Å². The Morgan fingerprint density at radius 3 is 2.61 bits per heavy atom.